The van der Waals surface area contributed by atoms with Crippen LogP contribution in [-0.4, -0.2) is 41.7 Å². The van der Waals surface area contributed by atoms with Gasteiger partial charge in [0.1, 0.15) is 0 Å². The molecule has 2 amide bonds. The number of hydrogen-bond acceptors (Lipinski definition) is 3. The molecule has 5 nitrogen and oxygen atoms in total. The van der Waals surface area contributed by atoms with Gasteiger partial charge in [0.25, 0.3) is 0 Å². The molecular weight excluding hydrogens is 350 g/mol. The largest absolute Gasteiger partial charge is 0.481 e. The summed E-state index contributed by atoms with van der Waals surface area (Å²) < 4.78 is 5.46. The van der Waals surface area contributed by atoms with E-state index in [9.17, 15) is 4.79 Å². The number of methoxy groups -OCH3 is 1. The zero-order valence-electron chi connectivity index (χ0n) is 16.2. The quantitative estimate of drug-likeness (QED) is 0.787. The minimum Gasteiger partial charge on any atom is -0.481 e. The number of amides is 2. The number of carbonyl (C=O) groups is 1. The van der Waals surface area contributed by atoms with Gasteiger partial charge in [-0.1, -0.05) is 24.3 Å². The molecule has 3 aliphatic rings. The third-order valence-corrected chi connectivity index (χ3v) is 6.27. The summed E-state index contributed by atoms with van der Waals surface area (Å²) in [6.45, 7) is 0.804. The van der Waals surface area contributed by atoms with E-state index in [0.29, 0.717) is 5.88 Å². The van der Waals surface area contributed by atoms with Crippen molar-refractivity contribution in [3.8, 4) is 5.88 Å². The number of benzene rings is 1. The van der Waals surface area contributed by atoms with Crippen LogP contribution in [0, 0.1) is 0 Å². The second kappa shape index (κ2) is 6.97. The lowest BCUT2D eigenvalue weighted by Crippen LogP contribution is -2.51. The van der Waals surface area contributed by atoms with Crippen molar-refractivity contribution < 1.29 is 9.53 Å². The Hall–Kier alpha value is -2.82. The van der Waals surface area contributed by atoms with E-state index in [1.165, 1.54) is 11.1 Å². The summed E-state index contributed by atoms with van der Waals surface area (Å²) in [6, 6.07) is 12.9. The van der Waals surface area contributed by atoms with Gasteiger partial charge >= 0.3 is 6.03 Å². The molecule has 1 fully saturated rings. The van der Waals surface area contributed by atoms with E-state index in [2.05, 4.69) is 40.2 Å². The zero-order valence-corrected chi connectivity index (χ0v) is 16.2. The lowest BCUT2D eigenvalue weighted by atomic mass is 9.95. The van der Waals surface area contributed by atoms with Gasteiger partial charge in [-0.3, -0.25) is 4.90 Å². The van der Waals surface area contributed by atoms with Crippen molar-refractivity contribution in [1.82, 2.24) is 9.88 Å². The molecule has 2 aromatic rings. The van der Waals surface area contributed by atoms with Crippen molar-refractivity contribution in [1.29, 1.82) is 0 Å². The molecule has 1 aromatic heterocycles. The third kappa shape index (κ3) is 2.77. The molecule has 2 atom stereocenters. The SMILES string of the molecule is COc1ncccc1C1=CC2CCC(C1)N2C(=O)N1CCCc2ccccc21. The van der Waals surface area contributed by atoms with Crippen LogP contribution in [0.1, 0.15) is 36.8 Å². The molecule has 5 heteroatoms. The molecule has 0 aliphatic carbocycles. The van der Waals surface area contributed by atoms with Crippen molar-refractivity contribution in [2.75, 3.05) is 18.6 Å². The monoisotopic (exact) mass is 375 g/mol. The number of hydrogen-bond donors (Lipinski definition) is 0. The van der Waals surface area contributed by atoms with Crippen LogP contribution in [-0.2, 0) is 6.42 Å². The molecule has 3 aliphatic heterocycles. The molecule has 28 heavy (non-hydrogen) atoms. The first kappa shape index (κ1) is 17.3. The van der Waals surface area contributed by atoms with Crippen LogP contribution < -0.4 is 9.64 Å². The van der Waals surface area contributed by atoms with E-state index in [0.717, 1.165) is 49.9 Å². The Morgan fingerprint density at radius 3 is 2.93 bits per heavy atom. The van der Waals surface area contributed by atoms with Gasteiger partial charge in [0.05, 0.1) is 13.2 Å². The number of nitrogens with zero attached hydrogens (tertiary/aromatic N) is 3. The number of fused-ring (bicyclic) bond motifs is 3. The molecule has 5 rings (SSSR count). The number of rotatable bonds is 2. The van der Waals surface area contributed by atoms with Gasteiger partial charge < -0.3 is 9.64 Å². The Labute approximate surface area is 165 Å². The van der Waals surface area contributed by atoms with Crippen LogP contribution in [0.3, 0.4) is 0 Å². The molecule has 1 aromatic carbocycles. The van der Waals surface area contributed by atoms with E-state index >= 15 is 0 Å². The van der Waals surface area contributed by atoms with Gasteiger partial charge in [-0.05, 0) is 61.4 Å². The maximum Gasteiger partial charge on any atom is 0.325 e. The summed E-state index contributed by atoms with van der Waals surface area (Å²) in [6.07, 6.45) is 9.03. The molecule has 2 unspecified atom stereocenters. The Morgan fingerprint density at radius 2 is 2.07 bits per heavy atom. The predicted molar refractivity (Wildman–Crippen MR) is 110 cm³/mol. The number of urea groups is 1. The standard InChI is InChI=1S/C23H25N3O2/c1-28-22-20(8-4-12-24-22)17-14-18-10-11-19(15-17)26(18)23(27)25-13-5-7-16-6-2-3-9-21(16)25/h2-4,6,8-9,12,14,18-19H,5,7,10-11,13,15H2,1H3. The van der Waals surface area contributed by atoms with E-state index in [1.807, 2.05) is 17.0 Å². The van der Waals surface area contributed by atoms with Crippen molar-refractivity contribution in [2.24, 2.45) is 0 Å². The first-order chi connectivity index (χ1) is 13.8. The Kier molecular flexibility index (Phi) is 4.30. The Balaban J connectivity index is 1.44. The average molecular weight is 375 g/mol. The number of ether oxygens (including phenoxy) is 1. The van der Waals surface area contributed by atoms with Crippen LogP contribution in [0.4, 0.5) is 10.5 Å². The average Bonchev–Trinajstić information content (AvgIpc) is 3.02. The van der Waals surface area contributed by atoms with Crippen LogP contribution in [0.25, 0.3) is 5.57 Å². The maximum atomic E-state index is 13.5. The highest BCUT2D eigenvalue weighted by Crippen LogP contribution is 2.41. The molecule has 144 valence electrons. The second-order valence-electron chi connectivity index (χ2n) is 7.83. The number of pyridine rings is 1. The normalized spacial score (nSPS) is 23.2. The van der Waals surface area contributed by atoms with Crippen molar-refractivity contribution in [3.63, 3.8) is 0 Å². The second-order valence-corrected chi connectivity index (χ2v) is 7.83. The maximum absolute atomic E-state index is 13.5. The van der Waals surface area contributed by atoms with Crippen LogP contribution in [0.2, 0.25) is 0 Å². The molecule has 0 radical (unpaired) electrons. The van der Waals surface area contributed by atoms with E-state index in [-0.39, 0.29) is 18.1 Å². The molecule has 0 N–H and O–H groups in total. The third-order valence-electron chi connectivity index (χ3n) is 6.27. The number of para-hydroxylation sites is 1. The van der Waals surface area contributed by atoms with Crippen LogP contribution in [0.15, 0.2) is 48.7 Å². The Morgan fingerprint density at radius 1 is 1.18 bits per heavy atom. The van der Waals surface area contributed by atoms with Gasteiger partial charge in [-0.15, -0.1) is 0 Å². The van der Waals surface area contributed by atoms with Gasteiger partial charge in [-0.2, -0.15) is 0 Å². The first-order valence-corrected chi connectivity index (χ1v) is 10.1. The summed E-state index contributed by atoms with van der Waals surface area (Å²) in [7, 11) is 1.66. The van der Waals surface area contributed by atoms with Crippen molar-refractivity contribution >= 4 is 17.3 Å². The summed E-state index contributed by atoms with van der Waals surface area (Å²) in [5, 5.41) is 0. The van der Waals surface area contributed by atoms with Crippen molar-refractivity contribution in [3.05, 3.63) is 59.8 Å². The highest BCUT2D eigenvalue weighted by atomic mass is 16.5. The smallest absolute Gasteiger partial charge is 0.325 e. The summed E-state index contributed by atoms with van der Waals surface area (Å²) in [5.74, 6) is 0.665. The van der Waals surface area contributed by atoms with Crippen molar-refractivity contribution in [2.45, 2.75) is 44.2 Å². The first-order valence-electron chi connectivity index (χ1n) is 10.1. The lowest BCUT2D eigenvalue weighted by Gasteiger charge is -2.39. The fraction of sp³-hybridized carbons (Fsp3) is 0.391. The minimum atomic E-state index is 0.153. The molecule has 4 heterocycles. The van der Waals surface area contributed by atoms with E-state index in [4.69, 9.17) is 4.74 Å². The zero-order chi connectivity index (χ0) is 19.1. The number of carbonyl (C=O) groups excluding carboxylic acids is 1. The van der Waals surface area contributed by atoms with Gasteiger partial charge in [0.2, 0.25) is 5.88 Å². The highest BCUT2D eigenvalue weighted by Gasteiger charge is 2.42. The van der Waals surface area contributed by atoms with Crippen LogP contribution in [0.5, 0.6) is 5.88 Å². The van der Waals surface area contributed by atoms with E-state index in [1.54, 1.807) is 13.3 Å². The molecule has 0 saturated carbocycles. The number of anilines is 1. The summed E-state index contributed by atoms with van der Waals surface area (Å²) >= 11 is 0. The molecule has 1 saturated heterocycles. The highest BCUT2D eigenvalue weighted by molar-refractivity contribution is 5.94. The van der Waals surface area contributed by atoms with Gasteiger partial charge in [0.15, 0.2) is 0 Å². The topological polar surface area (TPSA) is 45.7 Å². The van der Waals surface area contributed by atoms with Gasteiger partial charge in [-0.25, -0.2) is 9.78 Å². The van der Waals surface area contributed by atoms with Gasteiger partial charge in [0, 0.05) is 30.0 Å². The van der Waals surface area contributed by atoms with E-state index < -0.39 is 0 Å². The Bertz CT molecular complexity index is 939. The summed E-state index contributed by atoms with van der Waals surface area (Å²) in [4.78, 5) is 22.0. The minimum absolute atomic E-state index is 0.153. The fourth-order valence-corrected chi connectivity index (χ4v) is 5.00. The molecular formula is C23H25N3O2. The number of aryl methyl sites for hydroxylation is 1. The molecule has 2 bridgehead atoms. The predicted octanol–water partition coefficient (Wildman–Crippen LogP) is 4.28. The fourth-order valence-electron chi connectivity index (χ4n) is 5.00. The summed E-state index contributed by atoms with van der Waals surface area (Å²) in [5.41, 5.74) is 4.67. The lowest BCUT2D eigenvalue weighted by molar-refractivity contribution is 0.186. The molecule has 0 spiro atoms. The van der Waals surface area contributed by atoms with Crippen LogP contribution >= 0.6 is 0 Å². The number of aromatic nitrogens is 1.